The van der Waals surface area contributed by atoms with Crippen molar-refractivity contribution in [2.45, 2.75) is 0 Å². The molecule has 20 heavy (non-hydrogen) atoms. The first kappa shape index (κ1) is 19.4. The molecule has 0 bridgehead atoms. The van der Waals surface area contributed by atoms with Crippen molar-refractivity contribution in [2.75, 3.05) is 0 Å². The maximum absolute atomic E-state index is 11.1. The zero-order chi connectivity index (χ0) is 13.1. The van der Waals surface area contributed by atoms with Crippen molar-refractivity contribution in [2.24, 2.45) is 0 Å². The standard InChI is InChI=1S/C14H10O4.2Na/c15-13(16)11-8-4-7-10(12(11)14(17)18)9-5-2-1-3-6-9;;/h1-8H,(H,15,16)(H,17,18);;/q;2*+1/p-2. The third-order valence-corrected chi connectivity index (χ3v) is 2.57. The Morgan fingerprint density at radius 2 is 1.35 bits per heavy atom. The van der Waals surface area contributed by atoms with Crippen LogP contribution in [0.25, 0.3) is 11.1 Å². The molecule has 0 N–H and O–H groups in total. The van der Waals surface area contributed by atoms with Gasteiger partial charge in [0.25, 0.3) is 0 Å². The van der Waals surface area contributed by atoms with Crippen LogP contribution < -0.4 is 69.3 Å². The average Bonchev–Trinajstić information content (AvgIpc) is 2.38. The monoisotopic (exact) mass is 286 g/mol. The van der Waals surface area contributed by atoms with E-state index < -0.39 is 11.9 Å². The summed E-state index contributed by atoms with van der Waals surface area (Å²) in [6.45, 7) is 0. The molecule has 4 nitrogen and oxygen atoms in total. The first-order valence-electron chi connectivity index (χ1n) is 5.22. The molecule has 2 rings (SSSR count). The van der Waals surface area contributed by atoms with Crippen molar-refractivity contribution in [1.82, 2.24) is 0 Å². The Kier molecular flexibility index (Phi) is 8.35. The average molecular weight is 286 g/mol. The number of hydrogen-bond acceptors (Lipinski definition) is 4. The molecule has 0 spiro atoms. The van der Waals surface area contributed by atoms with Crippen LogP contribution in [0.4, 0.5) is 0 Å². The fourth-order valence-corrected chi connectivity index (χ4v) is 1.80. The van der Waals surface area contributed by atoms with Crippen LogP contribution in [0, 0.1) is 0 Å². The van der Waals surface area contributed by atoms with Crippen LogP contribution in [0.15, 0.2) is 48.5 Å². The van der Waals surface area contributed by atoms with Crippen molar-refractivity contribution in [3.63, 3.8) is 0 Å². The van der Waals surface area contributed by atoms with Gasteiger partial charge in [0, 0.05) is 11.1 Å². The molecule has 0 aliphatic heterocycles. The van der Waals surface area contributed by atoms with Crippen LogP contribution in [0.1, 0.15) is 20.7 Å². The molecule has 0 radical (unpaired) electrons. The number of carboxylic acid groups (broad SMARTS) is 2. The number of carbonyl (C=O) groups excluding carboxylic acids is 2. The van der Waals surface area contributed by atoms with Crippen molar-refractivity contribution in [3.8, 4) is 11.1 Å². The number of carbonyl (C=O) groups is 2. The van der Waals surface area contributed by atoms with Crippen LogP contribution in [-0.2, 0) is 0 Å². The van der Waals surface area contributed by atoms with E-state index in [-0.39, 0.29) is 70.2 Å². The molecule has 0 saturated heterocycles. The van der Waals surface area contributed by atoms with Gasteiger partial charge in [0.2, 0.25) is 0 Å². The fourth-order valence-electron chi connectivity index (χ4n) is 1.80. The van der Waals surface area contributed by atoms with Gasteiger partial charge in [0.1, 0.15) is 0 Å². The molecule has 90 valence electrons. The molecule has 0 aromatic heterocycles. The van der Waals surface area contributed by atoms with Crippen LogP contribution >= 0.6 is 0 Å². The Morgan fingerprint density at radius 1 is 0.750 bits per heavy atom. The second-order valence-corrected chi connectivity index (χ2v) is 3.67. The van der Waals surface area contributed by atoms with Gasteiger partial charge in [-0.25, -0.2) is 0 Å². The number of rotatable bonds is 3. The van der Waals surface area contributed by atoms with E-state index in [2.05, 4.69) is 0 Å². The normalized spacial score (nSPS) is 9.00. The third-order valence-electron chi connectivity index (χ3n) is 2.57. The van der Waals surface area contributed by atoms with E-state index in [4.69, 9.17) is 0 Å². The number of carboxylic acids is 2. The molecule has 0 heterocycles. The zero-order valence-electron chi connectivity index (χ0n) is 11.3. The van der Waals surface area contributed by atoms with Crippen molar-refractivity contribution in [3.05, 3.63) is 59.7 Å². The van der Waals surface area contributed by atoms with Gasteiger partial charge in [0.05, 0.1) is 11.9 Å². The van der Waals surface area contributed by atoms with Gasteiger partial charge in [-0.05, 0) is 11.1 Å². The first-order chi connectivity index (χ1) is 8.61. The summed E-state index contributed by atoms with van der Waals surface area (Å²) in [5.74, 6) is -3.07. The Hall–Kier alpha value is -0.620. The molecule has 6 heteroatoms. The van der Waals surface area contributed by atoms with Gasteiger partial charge in [-0.2, -0.15) is 0 Å². The van der Waals surface area contributed by atoms with Crippen LogP contribution in [-0.4, -0.2) is 11.9 Å². The third kappa shape index (κ3) is 4.19. The summed E-state index contributed by atoms with van der Waals surface area (Å²) in [6.07, 6.45) is 0. The van der Waals surface area contributed by atoms with Crippen molar-refractivity contribution < 1.29 is 78.9 Å². The Labute approximate surface area is 160 Å². The summed E-state index contributed by atoms with van der Waals surface area (Å²) in [4.78, 5) is 22.0. The molecule has 2 aromatic carbocycles. The van der Waals surface area contributed by atoms with E-state index in [1.165, 1.54) is 18.2 Å². The van der Waals surface area contributed by atoms with E-state index >= 15 is 0 Å². The molecule has 0 aliphatic carbocycles. The summed E-state index contributed by atoms with van der Waals surface area (Å²) in [6, 6.07) is 12.8. The SMILES string of the molecule is O=C([O-])c1cccc(-c2ccccc2)c1C(=O)[O-].[Na+].[Na+]. The molecule has 0 atom stereocenters. The predicted molar refractivity (Wildman–Crippen MR) is 60.5 cm³/mol. The van der Waals surface area contributed by atoms with Gasteiger partial charge in [-0.1, -0.05) is 48.5 Å². The van der Waals surface area contributed by atoms with E-state index in [1.807, 2.05) is 0 Å². The first-order valence-corrected chi connectivity index (χ1v) is 5.22. The number of benzene rings is 2. The summed E-state index contributed by atoms with van der Waals surface area (Å²) in [5, 5.41) is 22.0. The Balaban J connectivity index is 0.00000180. The molecule has 0 unspecified atom stereocenters. The molecule has 0 saturated carbocycles. The van der Waals surface area contributed by atoms with Gasteiger partial charge >= 0.3 is 59.1 Å². The minimum Gasteiger partial charge on any atom is -0.545 e. The molecule has 0 amide bonds. The molecule has 0 fully saturated rings. The minimum atomic E-state index is -1.54. The Morgan fingerprint density at radius 3 is 1.85 bits per heavy atom. The molecular formula is C14H8Na2O4. The van der Waals surface area contributed by atoms with Gasteiger partial charge in [-0.3, -0.25) is 0 Å². The van der Waals surface area contributed by atoms with Gasteiger partial charge in [-0.15, -0.1) is 0 Å². The Bertz CT molecular complexity index is 612. The van der Waals surface area contributed by atoms with Crippen LogP contribution in [0.3, 0.4) is 0 Å². The smallest absolute Gasteiger partial charge is 0.545 e. The van der Waals surface area contributed by atoms with Crippen LogP contribution in [0.5, 0.6) is 0 Å². The minimum absolute atomic E-state index is 0. The van der Waals surface area contributed by atoms with Gasteiger partial charge < -0.3 is 19.8 Å². The number of aromatic carboxylic acids is 2. The summed E-state index contributed by atoms with van der Waals surface area (Å²) >= 11 is 0. The van der Waals surface area contributed by atoms with Crippen LogP contribution in [0.2, 0.25) is 0 Å². The summed E-state index contributed by atoms with van der Waals surface area (Å²) < 4.78 is 0. The van der Waals surface area contributed by atoms with E-state index in [0.29, 0.717) is 11.1 Å². The molecular weight excluding hydrogens is 278 g/mol. The predicted octanol–water partition coefficient (Wildman–Crippen LogP) is -5.91. The van der Waals surface area contributed by atoms with Gasteiger partial charge in [0.15, 0.2) is 0 Å². The van der Waals surface area contributed by atoms with Crippen molar-refractivity contribution in [1.29, 1.82) is 0 Å². The summed E-state index contributed by atoms with van der Waals surface area (Å²) in [7, 11) is 0. The largest absolute Gasteiger partial charge is 1.00 e. The maximum atomic E-state index is 11.1. The quantitative estimate of drug-likeness (QED) is 0.526. The zero-order valence-corrected chi connectivity index (χ0v) is 15.3. The van der Waals surface area contributed by atoms with E-state index in [0.717, 1.165) is 0 Å². The number of hydrogen-bond donors (Lipinski definition) is 0. The summed E-state index contributed by atoms with van der Waals surface area (Å²) in [5.41, 5.74) is 0.178. The topological polar surface area (TPSA) is 80.3 Å². The van der Waals surface area contributed by atoms with Crippen molar-refractivity contribution >= 4 is 11.9 Å². The van der Waals surface area contributed by atoms with E-state index in [9.17, 15) is 19.8 Å². The maximum Gasteiger partial charge on any atom is 1.00 e. The fraction of sp³-hybridized carbons (Fsp3) is 0. The molecule has 2 aromatic rings. The second-order valence-electron chi connectivity index (χ2n) is 3.67. The van der Waals surface area contributed by atoms with E-state index in [1.54, 1.807) is 30.3 Å². The second kappa shape index (κ2) is 8.62. The molecule has 0 aliphatic rings.